The van der Waals surface area contributed by atoms with Crippen LogP contribution in [0.2, 0.25) is 5.02 Å². The Labute approximate surface area is 145 Å². The summed E-state index contributed by atoms with van der Waals surface area (Å²) < 4.78 is 2.28. The first-order chi connectivity index (χ1) is 11.1. The molecule has 0 spiro atoms. The topological polar surface area (TPSA) is 41.7 Å². The minimum absolute atomic E-state index is 0.771. The summed E-state index contributed by atoms with van der Waals surface area (Å²) in [6.07, 6.45) is 0. The lowest BCUT2D eigenvalue weighted by molar-refractivity contribution is 0.749. The van der Waals surface area contributed by atoms with Gasteiger partial charge < -0.3 is 4.57 Å². The van der Waals surface area contributed by atoms with Gasteiger partial charge in [0.25, 0.3) is 0 Å². The van der Waals surface area contributed by atoms with Gasteiger partial charge in [0.1, 0.15) is 0 Å². The fourth-order valence-corrected chi connectivity index (χ4v) is 3.63. The Hall–Kier alpha value is -1.72. The summed E-state index contributed by atoms with van der Waals surface area (Å²) in [5.74, 6) is 0.829. The molecule has 23 heavy (non-hydrogen) atoms. The highest BCUT2D eigenvalue weighted by Gasteiger charge is 2.18. The Bertz CT molecular complexity index is 792. The number of aliphatic imine (C=N–C) groups is 1. The molecule has 3 rings (SSSR count). The predicted molar refractivity (Wildman–Crippen MR) is 99.9 cm³/mol. The van der Waals surface area contributed by atoms with E-state index in [4.69, 9.17) is 11.6 Å². The lowest BCUT2D eigenvalue weighted by atomic mass is 10.1. The van der Waals surface area contributed by atoms with Gasteiger partial charge in [0.05, 0.1) is 5.71 Å². The van der Waals surface area contributed by atoms with Crippen molar-refractivity contribution in [2.75, 3.05) is 12.8 Å². The highest BCUT2D eigenvalue weighted by molar-refractivity contribution is 8.14. The monoisotopic (exact) mass is 346 g/mol. The summed E-state index contributed by atoms with van der Waals surface area (Å²) in [5.41, 5.74) is 8.79. The van der Waals surface area contributed by atoms with E-state index >= 15 is 0 Å². The number of rotatable bonds is 3. The maximum absolute atomic E-state index is 6.30. The van der Waals surface area contributed by atoms with E-state index in [1.54, 1.807) is 18.8 Å². The van der Waals surface area contributed by atoms with Crippen molar-refractivity contribution in [1.29, 1.82) is 0 Å². The number of hydrogen-bond donors (Lipinski definition) is 1. The van der Waals surface area contributed by atoms with Crippen molar-refractivity contribution >= 4 is 34.2 Å². The number of aryl methyl sites for hydroxylation is 1. The van der Waals surface area contributed by atoms with Crippen LogP contribution in [0, 0.1) is 13.8 Å². The number of hydrogen-bond acceptors (Lipinski definition) is 3. The van der Waals surface area contributed by atoms with Gasteiger partial charge in [-0.05, 0) is 31.5 Å². The van der Waals surface area contributed by atoms with Crippen molar-refractivity contribution in [2.24, 2.45) is 10.1 Å². The summed E-state index contributed by atoms with van der Waals surface area (Å²) >= 11 is 7.98. The smallest absolute Gasteiger partial charge is 0.177 e. The maximum atomic E-state index is 6.30. The van der Waals surface area contributed by atoms with E-state index in [1.807, 2.05) is 18.2 Å². The molecule has 0 unspecified atom stereocenters. The van der Waals surface area contributed by atoms with Crippen LogP contribution in [0.3, 0.4) is 0 Å². The average molecular weight is 347 g/mol. The maximum Gasteiger partial charge on any atom is 0.177 e. The first kappa shape index (κ1) is 16.1. The van der Waals surface area contributed by atoms with E-state index in [-0.39, 0.29) is 0 Å². The fraction of sp³-hybridized carbons (Fsp3) is 0.294. The molecule has 1 N–H and O–H groups in total. The molecule has 0 bridgehead atoms. The molecule has 1 aliphatic heterocycles. The third-order valence-electron chi connectivity index (χ3n) is 4.01. The molecule has 0 saturated carbocycles. The zero-order valence-corrected chi connectivity index (χ0v) is 15.0. The molecule has 1 aromatic heterocycles. The molecular formula is C17H19ClN4S. The molecule has 0 atom stereocenters. The van der Waals surface area contributed by atoms with Gasteiger partial charge in [-0.3, -0.25) is 10.4 Å². The zero-order chi connectivity index (χ0) is 16.4. The van der Waals surface area contributed by atoms with Gasteiger partial charge in [0.2, 0.25) is 0 Å². The molecule has 0 radical (unpaired) electrons. The Balaban J connectivity index is 1.91. The molecule has 1 aromatic carbocycles. The highest BCUT2D eigenvalue weighted by Crippen LogP contribution is 2.23. The number of halogens is 1. The Morgan fingerprint density at radius 2 is 2.13 bits per heavy atom. The molecule has 120 valence electrons. The van der Waals surface area contributed by atoms with Gasteiger partial charge in [0.15, 0.2) is 5.17 Å². The van der Waals surface area contributed by atoms with E-state index in [2.05, 4.69) is 46.1 Å². The average Bonchev–Trinajstić information content (AvgIpc) is 2.85. The molecule has 1 aliphatic rings. The molecule has 0 fully saturated rings. The van der Waals surface area contributed by atoms with Crippen molar-refractivity contribution in [3.8, 4) is 0 Å². The quantitative estimate of drug-likeness (QED) is 0.917. The second-order valence-corrected chi connectivity index (χ2v) is 6.82. The number of thioether (sulfide) groups is 1. The SMILES string of the molecule is CN=C1NN=C(c2cc(C)n(Cc3ccccc3Cl)c2C)CS1. The minimum atomic E-state index is 0.771. The summed E-state index contributed by atoms with van der Waals surface area (Å²) in [6.45, 7) is 5.03. The van der Waals surface area contributed by atoms with Gasteiger partial charge in [-0.15, -0.1) is 0 Å². The van der Waals surface area contributed by atoms with E-state index in [0.717, 1.165) is 33.8 Å². The van der Waals surface area contributed by atoms with Crippen LogP contribution >= 0.6 is 23.4 Å². The Kier molecular flexibility index (Phi) is 4.78. The van der Waals surface area contributed by atoms with Gasteiger partial charge in [0, 0.05) is 41.3 Å². The van der Waals surface area contributed by atoms with Gasteiger partial charge >= 0.3 is 0 Å². The van der Waals surface area contributed by atoms with Crippen molar-refractivity contribution < 1.29 is 0 Å². The van der Waals surface area contributed by atoms with Crippen LogP contribution in [0.25, 0.3) is 0 Å². The Morgan fingerprint density at radius 1 is 1.35 bits per heavy atom. The zero-order valence-electron chi connectivity index (χ0n) is 13.4. The van der Waals surface area contributed by atoms with Crippen LogP contribution in [0.1, 0.15) is 22.5 Å². The summed E-state index contributed by atoms with van der Waals surface area (Å²) in [4.78, 5) is 4.13. The molecule has 6 heteroatoms. The molecule has 0 saturated heterocycles. The van der Waals surface area contributed by atoms with Gasteiger partial charge in [-0.25, -0.2) is 0 Å². The number of amidine groups is 1. The standard InChI is InChI=1S/C17H19ClN4S/c1-11-8-14(16-10-23-17(19-3)21-20-16)12(2)22(11)9-13-6-4-5-7-15(13)18/h4-8H,9-10H2,1-3H3,(H,19,21). The summed E-state index contributed by atoms with van der Waals surface area (Å²) in [7, 11) is 1.77. The van der Waals surface area contributed by atoms with Crippen molar-refractivity contribution in [2.45, 2.75) is 20.4 Å². The molecule has 0 amide bonds. The summed E-state index contributed by atoms with van der Waals surface area (Å²) in [6, 6.07) is 10.2. The number of nitrogens with zero attached hydrogens (tertiary/aromatic N) is 3. The first-order valence-electron chi connectivity index (χ1n) is 7.43. The van der Waals surface area contributed by atoms with Gasteiger partial charge in [-0.2, -0.15) is 5.10 Å². The van der Waals surface area contributed by atoms with E-state index < -0.39 is 0 Å². The lowest BCUT2D eigenvalue weighted by Gasteiger charge is -2.15. The molecule has 2 aromatic rings. The second-order valence-electron chi connectivity index (χ2n) is 5.45. The molecule has 0 aliphatic carbocycles. The van der Waals surface area contributed by atoms with Crippen molar-refractivity contribution in [1.82, 2.24) is 9.99 Å². The second kappa shape index (κ2) is 6.81. The third-order valence-corrected chi connectivity index (χ3v) is 5.34. The van der Waals surface area contributed by atoms with Crippen molar-refractivity contribution in [3.05, 3.63) is 57.9 Å². The van der Waals surface area contributed by atoms with Crippen LogP contribution in [0.15, 0.2) is 40.4 Å². The number of nitrogens with one attached hydrogen (secondary N) is 1. The number of hydrazone groups is 1. The predicted octanol–water partition coefficient (Wildman–Crippen LogP) is 3.83. The van der Waals surface area contributed by atoms with E-state index in [1.165, 1.54) is 17.0 Å². The third kappa shape index (κ3) is 3.31. The molecule has 2 heterocycles. The molecule has 4 nitrogen and oxygen atoms in total. The first-order valence-corrected chi connectivity index (χ1v) is 8.79. The van der Waals surface area contributed by atoms with E-state index in [0.29, 0.717) is 0 Å². The van der Waals surface area contributed by atoms with Crippen LogP contribution in [-0.2, 0) is 6.54 Å². The Morgan fingerprint density at radius 3 is 2.78 bits per heavy atom. The highest BCUT2D eigenvalue weighted by atomic mass is 35.5. The number of benzene rings is 1. The number of aromatic nitrogens is 1. The van der Waals surface area contributed by atoms with Crippen LogP contribution in [-0.4, -0.2) is 28.2 Å². The fourth-order valence-electron chi connectivity index (χ4n) is 2.70. The normalized spacial score (nSPS) is 16.3. The van der Waals surface area contributed by atoms with Crippen LogP contribution < -0.4 is 5.43 Å². The van der Waals surface area contributed by atoms with Crippen LogP contribution in [0.5, 0.6) is 0 Å². The lowest BCUT2D eigenvalue weighted by Crippen LogP contribution is -2.25. The van der Waals surface area contributed by atoms with E-state index in [9.17, 15) is 0 Å². The van der Waals surface area contributed by atoms with Crippen LogP contribution in [0.4, 0.5) is 0 Å². The molecular weight excluding hydrogens is 328 g/mol. The van der Waals surface area contributed by atoms with Gasteiger partial charge in [-0.1, -0.05) is 41.6 Å². The largest absolute Gasteiger partial charge is 0.344 e. The minimum Gasteiger partial charge on any atom is -0.344 e. The summed E-state index contributed by atoms with van der Waals surface area (Å²) in [5, 5.41) is 6.13. The van der Waals surface area contributed by atoms with Crippen molar-refractivity contribution in [3.63, 3.8) is 0 Å².